The number of nitrogen functional groups attached to an aromatic ring is 1. The Labute approximate surface area is 113 Å². The van der Waals surface area contributed by atoms with Crippen LogP contribution in [-0.2, 0) is 4.79 Å². The number of carbonyl (C=O) groups is 1. The maximum atomic E-state index is 11.8. The summed E-state index contributed by atoms with van der Waals surface area (Å²) in [6.45, 7) is 3.06. The number of hydrogen-bond acceptors (Lipinski definition) is 4. The van der Waals surface area contributed by atoms with Crippen LogP contribution < -0.4 is 15.8 Å². The average Bonchev–Trinajstić information content (AvgIpc) is 2.90. The molecule has 1 fully saturated rings. The fraction of sp³-hybridized carbons (Fsp3) is 0.500. The normalized spacial score (nSPS) is 15.4. The number of methoxy groups -OCH3 is 1. The van der Waals surface area contributed by atoms with E-state index in [-0.39, 0.29) is 5.91 Å². The Morgan fingerprint density at radius 2 is 2.16 bits per heavy atom. The van der Waals surface area contributed by atoms with Gasteiger partial charge in [-0.3, -0.25) is 4.79 Å². The lowest BCUT2D eigenvalue weighted by molar-refractivity contribution is -0.116. The molecule has 0 atom stereocenters. The van der Waals surface area contributed by atoms with Crippen molar-refractivity contribution in [2.75, 3.05) is 37.8 Å². The van der Waals surface area contributed by atoms with Gasteiger partial charge in [0.1, 0.15) is 5.75 Å². The van der Waals surface area contributed by atoms with Crippen molar-refractivity contribution < 1.29 is 9.53 Å². The first-order valence-corrected chi connectivity index (χ1v) is 6.65. The molecule has 3 N–H and O–H groups in total. The summed E-state index contributed by atoms with van der Waals surface area (Å²) in [5.41, 5.74) is 7.04. The lowest BCUT2D eigenvalue weighted by Crippen LogP contribution is -2.25. The van der Waals surface area contributed by atoms with Crippen molar-refractivity contribution in [3.8, 4) is 5.75 Å². The molecule has 19 heavy (non-hydrogen) atoms. The molecule has 1 amide bonds. The van der Waals surface area contributed by atoms with Crippen LogP contribution >= 0.6 is 0 Å². The van der Waals surface area contributed by atoms with E-state index in [1.165, 1.54) is 12.8 Å². The van der Waals surface area contributed by atoms with E-state index in [0.29, 0.717) is 23.5 Å². The molecule has 1 saturated heterocycles. The first kappa shape index (κ1) is 13.7. The second-order valence-electron chi connectivity index (χ2n) is 4.80. The fourth-order valence-corrected chi connectivity index (χ4v) is 2.30. The summed E-state index contributed by atoms with van der Waals surface area (Å²) in [6, 6.07) is 5.26. The van der Waals surface area contributed by atoms with Gasteiger partial charge >= 0.3 is 0 Å². The van der Waals surface area contributed by atoms with E-state index in [4.69, 9.17) is 10.5 Å². The van der Waals surface area contributed by atoms with Crippen molar-refractivity contribution in [1.82, 2.24) is 4.90 Å². The van der Waals surface area contributed by atoms with Crippen LogP contribution in [0.25, 0.3) is 0 Å². The van der Waals surface area contributed by atoms with E-state index in [0.717, 1.165) is 19.6 Å². The number of nitrogens with two attached hydrogens (primary N) is 1. The van der Waals surface area contributed by atoms with Crippen LogP contribution in [0.1, 0.15) is 19.3 Å². The summed E-state index contributed by atoms with van der Waals surface area (Å²) in [7, 11) is 1.57. The van der Waals surface area contributed by atoms with Crippen LogP contribution in [0.5, 0.6) is 5.75 Å². The van der Waals surface area contributed by atoms with Gasteiger partial charge in [-0.25, -0.2) is 0 Å². The number of nitrogens with zero attached hydrogens (tertiary/aromatic N) is 1. The van der Waals surface area contributed by atoms with Crippen LogP contribution in [0.3, 0.4) is 0 Å². The molecule has 1 aliphatic heterocycles. The van der Waals surface area contributed by atoms with Crippen molar-refractivity contribution in [2.24, 2.45) is 0 Å². The minimum atomic E-state index is 0.0245. The highest BCUT2D eigenvalue weighted by atomic mass is 16.5. The first-order chi connectivity index (χ1) is 9.19. The van der Waals surface area contributed by atoms with E-state index >= 15 is 0 Å². The maximum Gasteiger partial charge on any atom is 0.225 e. The number of hydrogen-bond donors (Lipinski definition) is 2. The second kappa shape index (κ2) is 6.43. The minimum Gasteiger partial charge on any atom is -0.495 e. The molecular formula is C14H21N3O2. The maximum absolute atomic E-state index is 11.8. The summed E-state index contributed by atoms with van der Waals surface area (Å²) in [4.78, 5) is 14.1. The van der Waals surface area contributed by atoms with Gasteiger partial charge in [-0.05, 0) is 44.1 Å². The predicted molar refractivity (Wildman–Crippen MR) is 76.3 cm³/mol. The summed E-state index contributed by atoms with van der Waals surface area (Å²) in [5, 5.41) is 2.86. The molecule has 2 rings (SSSR count). The van der Waals surface area contributed by atoms with Crippen molar-refractivity contribution in [3.05, 3.63) is 18.2 Å². The molecular weight excluding hydrogens is 242 g/mol. The molecule has 1 aromatic carbocycles. The van der Waals surface area contributed by atoms with E-state index in [1.807, 2.05) is 0 Å². The SMILES string of the molecule is COc1ccc(NC(=O)CCN2CCCC2)cc1N. The molecule has 0 radical (unpaired) electrons. The number of carbonyl (C=O) groups excluding carboxylic acids is 1. The number of nitrogens with one attached hydrogen (secondary N) is 1. The van der Waals surface area contributed by atoms with Crippen molar-refractivity contribution in [2.45, 2.75) is 19.3 Å². The summed E-state index contributed by atoms with van der Waals surface area (Å²) in [5.74, 6) is 0.645. The van der Waals surface area contributed by atoms with Gasteiger partial charge in [-0.2, -0.15) is 0 Å². The van der Waals surface area contributed by atoms with Crippen molar-refractivity contribution >= 4 is 17.3 Å². The van der Waals surface area contributed by atoms with E-state index in [9.17, 15) is 4.79 Å². The molecule has 0 unspecified atom stereocenters. The lowest BCUT2D eigenvalue weighted by atomic mass is 10.2. The zero-order valence-electron chi connectivity index (χ0n) is 11.3. The Balaban J connectivity index is 1.82. The predicted octanol–water partition coefficient (Wildman–Crippen LogP) is 1.70. The summed E-state index contributed by atoms with van der Waals surface area (Å²) >= 11 is 0. The highest BCUT2D eigenvalue weighted by Crippen LogP contribution is 2.24. The average molecular weight is 263 g/mol. The molecule has 104 valence electrons. The van der Waals surface area contributed by atoms with E-state index < -0.39 is 0 Å². The standard InChI is InChI=1S/C14H21N3O2/c1-19-13-5-4-11(10-12(13)15)16-14(18)6-9-17-7-2-3-8-17/h4-5,10H,2-3,6-9,15H2,1H3,(H,16,18). The summed E-state index contributed by atoms with van der Waals surface area (Å²) in [6.07, 6.45) is 3.01. The smallest absolute Gasteiger partial charge is 0.225 e. The van der Waals surface area contributed by atoms with Gasteiger partial charge in [-0.15, -0.1) is 0 Å². The third kappa shape index (κ3) is 3.86. The first-order valence-electron chi connectivity index (χ1n) is 6.65. The minimum absolute atomic E-state index is 0.0245. The molecule has 0 bridgehead atoms. The molecule has 0 saturated carbocycles. The van der Waals surface area contributed by atoms with Crippen LogP contribution in [0.15, 0.2) is 18.2 Å². The molecule has 1 heterocycles. The molecule has 5 heteroatoms. The number of likely N-dealkylation sites (tertiary alicyclic amines) is 1. The van der Waals surface area contributed by atoms with Crippen molar-refractivity contribution in [1.29, 1.82) is 0 Å². The lowest BCUT2D eigenvalue weighted by Gasteiger charge is -2.14. The summed E-state index contributed by atoms with van der Waals surface area (Å²) < 4.78 is 5.08. The van der Waals surface area contributed by atoms with E-state index in [2.05, 4.69) is 10.2 Å². The number of anilines is 2. The number of rotatable bonds is 5. The molecule has 0 aliphatic carbocycles. The number of amides is 1. The van der Waals surface area contributed by atoms with Crippen molar-refractivity contribution in [3.63, 3.8) is 0 Å². The van der Waals surface area contributed by atoms with Gasteiger partial charge < -0.3 is 20.7 Å². The van der Waals surface area contributed by atoms with Gasteiger partial charge in [0.05, 0.1) is 12.8 Å². The van der Waals surface area contributed by atoms with Crippen LogP contribution in [0.2, 0.25) is 0 Å². The Morgan fingerprint density at radius 1 is 1.42 bits per heavy atom. The van der Waals surface area contributed by atoms with Gasteiger partial charge in [0.2, 0.25) is 5.91 Å². The van der Waals surface area contributed by atoms with Crippen LogP contribution in [0.4, 0.5) is 11.4 Å². The highest BCUT2D eigenvalue weighted by Gasteiger charge is 2.13. The van der Waals surface area contributed by atoms with Crippen LogP contribution in [-0.4, -0.2) is 37.6 Å². The van der Waals surface area contributed by atoms with Gasteiger partial charge in [-0.1, -0.05) is 0 Å². The topological polar surface area (TPSA) is 67.6 Å². The molecule has 1 aromatic rings. The van der Waals surface area contributed by atoms with Gasteiger partial charge in [0, 0.05) is 18.7 Å². The number of ether oxygens (including phenoxy) is 1. The second-order valence-corrected chi connectivity index (χ2v) is 4.80. The third-order valence-electron chi connectivity index (χ3n) is 3.37. The Kier molecular flexibility index (Phi) is 4.63. The quantitative estimate of drug-likeness (QED) is 0.793. The zero-order valence-corrected chi connectivity index (χ0v) is 11.3. The number of benzene rings is 1. The van der Waals surface area contributed by atoms with Gasteiger partial charge in [0.25, 0.3) is 0 Å². The largest absolute Gasteiger partial charge is 0.495 e. The Bertz CT molecular complexity index is 442. The van der Waals surface area contributed by atoms with Gasteiger partial charge in [0.15, 0.2) is 0 Å². The molecule has 0 aromatic heterocycles. The van der Waals surface area contributed by atoms with E-state index in [1.54, 1.807) is 25.3 Å². The highest BCUT2D eigenvalue weighted by molar-refractivity contribution is 5.91. The Morgan fingerprint density at radius 3 is 2.79 bits per heavy atom. The zero-order chi connectivity index (χ0) is 13.7. The Hall–Kier alpha value is -1.75. The molecule has 0 spiro atoms. The molecule has 5 nitrogen and oxygen atoms in total. The molecule has 1 aliphatic rings. The monoisotopic (exact) mass is 263 g/mol. The third-order valence-corrected chi connectivity index (χ3v) is 3.37. The fourth-order valence-electron chi connectivity index (χ4n) is 2.30. The van der Waals surface area contributed by atoms with Crippen LogP contribution in [0, 0.1) is 0 Å².